The highest BCUT2D eigenvalue weighted by molar-refractivity contribution is 5.23. The molecule has 0 spiro atoms. The van der Waals surface area contributed by atoms with E-state index in [-0.39, 0.29) is 0 Å². The predicted molar refractivity (Wildman–Crippen MR) is 121 cm³/mol. The lowest BCUT2D eigenvalue weighted by Crippen LogP contribution is -1.54. The van der Waals surface area contributed by atoms with E-state index in [1.807, 2.05) is 134 Å². The Balaban J connectivity index is 3.93. The Labute approximate surface area is 159 Å². The summed E-state index contributed by atoms with van der Waals surface area (Å²) in [5.74, 6) is 0. The van der Waals surface area contributed by atoms with Crippen LogP contribution in [0.1, 0.15) is 0 Å². The summed E-state index contributed by atoms with van der Waals surface area (Å²) in [7, 11) is 0. The molecule has 0 aliphatic carbocycles. The van der Waals surface area contributed by atoms with Gasteiger partial charge in [0.05, 0.1) is 0 Å². The maximum Gasteiger partial charge on any atom is -0.0623 e. The molecule has 132 valence electrons. The van der Waals surface area contributed by atoms with Crippen LogP contribution in [0.3, 0.4) is 0 Å². The first-order valence-corrected chi connectivity index (χ1v) is 8.48. The van der Waals surface area contributed by atoms with Gasteiger partial charge in [-0.25, -0.2) is 0 Å². The van der Waals surface area contributed by atoms with E-state index < -0.39 is 0 Å². The highest BCUT2D eigenvalue weighted by Crippen LogP contribution is 1.87. The van der Waals surface area contributed by atoms with Crippen LogP contribution in [0.15, 0.2) is 159 Å². The Kier molecular flexibility index (Phi) is 18.8. The van der Waals surface area contributed by atoms with Crippen molar-refractivity contribution in [3.05, 3.63) is 159 Å². The van der Waals surface area contributed by atoms with Crippen LogP contribution in [0.2, 0.25) is 0 Å². The first-order valence-electron chi connectivity index (χ1n) is 8.48. The van der Waals surface area contributed by atoms with Crippen molar-refractivity contribution < 1.29 is 0 Å². The van der Waals surface area contributed by atoms with Crippen LogP contribution >= 0.6 is 0 Å². The minimum atomic E-state index is 1.75. The number of hydrogen-bond donors (Lipinski definition) is 0. The van der Waals surface area contributed by atoms with Gasteiger partial charge in [0.1, 0.15) is 0 Å². The molecule has 0 aliphatic heterocycles. The Hall–Kier alpha value is -3.38. The monoisotopic (exact) mass is 340 g/mol. The third kappa shape index (κ3) is 20.6. The van der Waals surface area contributed by atoms with Crippen LogP contribution in [0.25, 0.3) is 0 Å². The van der Waals surface area contributed by atoms with Crippen molar-refractivity contribution in [1.82, 2.24) is 0 Å². The third-order valence-electron chi connectivity index (χ3n) is 2.61. The van der Waals surface area contributed by atoms with Crippen LogP contribution in [0.5, 0.6) is 0 Å². The fraction of sp³-hybridized carbons (Fsp3) is 0. The van der Waals surface area contributed by atoms with E-state index in [4.69, 9.17) is 0 Å². The molecule has 0 rings (SSSR count). The summed E-state index contributed by atoms with van der Waals surface area (Å²) in [6.45, 7) is 7.21. The molecule has 0 nitrogen and oxygen atoms in total. The van der Waals surface area contributed by atoms with Crippen molar-refractivity contribution in [2.75, 3.05) is 0 Å². The summed E-state index contributed by atoms with van der Waals surface area (Å²) in [5, 5.41) is 0. The Morgan fingerprint density at radius 1 is 0.192 bits per heavy atom. The van der Waals surface area contributed by atoms with Gasteiger partial charge in [-0.05, 0) is 0 Å². The first-order chi connectivity index (χ1) is 12.9. The molecule has 0 bridgehead atoms. The molecule has 0 atom stereocenters. The van der Waals surface area contributed by atoms with E-state index in [0.717, 1.165) is 0 Å². The molecular formula is C26H28. The second-order valence-corrected chi connectivity index (χ2v) is 4.71. The zero-order valence-corrected chi connectivity index (χ0v) is 15.3. The maximum absolute atomic E-state index is 3.61. The Bertz CT molecular complexity index is 616. The standard InChI is InChI=1S/C26H28/c1-3-5-7-9-11-13-15-17-19-21-23-25-26-24-22-20-18-16-14-12-10-8-6-4-2/h3-26H,1-2H2/b7-5+,8-6+,11-9+,12-10+,15-13+,16-14+,19-17+,20-18+,23-21+,24-22+,26-25+. The van der Waals surface area contributed by atoms with E-state index in [0.29, 0.717) is 0 Å². The summed E-state index contributed by atoms with van der Waals surface area (Å²) in [6, 6.07) is 0. The van der Waals surface area contributed by atoms with Crippen LogP contribution in [0.4, 0.5) is 0 Å². The van der Waals surface area contributed by atoms with Gasteiger partial charge in [0, 0.05) is 0 Å². The summed E-state index contributed by atoms with van der Waals surface area (Å²) in [6.07, 6.45) is 46.8. The van der Waals surface area contributed by atoms with Crippen molar-refractivity contribution in [3.63, 3.8) is 0 Å². The molecule has 0 saturated carbocycles. The van der Waals surface area contributed by atoms with Crippen molar-refractivity contribution >= 4 is 0 Å². The molecule has 0 aliphatic rings. The van der Waals surface area contributed by atoms with Gasteiger partial charge >= 0.3 is 0 Å². The quantitative estimate of drug-likeness (QED) is 0.323. The highest BCUT2D eigenvalue weighted by Gasteiger charge is 1.65. The van der Waals surface area contributed by atoms with Gasteiger partial charge in [-0.1, -0.05) is 159 Å². The second kappa shape index (κ2) is 21.6. The SMILES string of the molecule is C=C/C=C/C=C/C=C/C=C/C=C/C=C/C=C/C=C/C=C/C=C/C=C/C=C. The average Bonchev–Trinajstić information content (AvgIpc) is 2.66. The summed E-state index contributed by atoms with van der Waals surface area (Å²) >= 11 is 0. The van der Waals surface area contributed by atoms with Crippen molar-refractivity contribution in [3.8, 4) is 0 Å². The van der Waals surface area contributed by atoms with Crippen LogP contribution in [-0.4, -0.2) is 0 Å². The molecule has 0 unspecified atom stereocenters. The predicted octanol–water partition coefficient (Wildman–Crippen LogP) is 7.48. The van der Waals surface area contributed by atoms with E-state index in [1.165, 1.54) is 0 Å². The van der Waals surface area contributed by atoms with Gasteiger partial charge in [-0.2, -0.15) is 0 Å². The Morgan fingerprint density at radius 3 is 0.423 bits per heavy atom. The number of allylic oxidation sites excluding steroid dienone is 24. The molecule has 0 aromatic carbocycles. The molecule has 0 radical (unpaired) electrons. The number of hydrogen-bond acceptors (Lipinski definition) is 0. The van der Waals surface area contributed by atoms with Crippen molar-refractivity contribution in [2.45, 2.75) is 0 Å². The maximum atomic E-state index is 3.61. The fourth-order valence-electron chi connectivity index (χ4n) is 1.44. The van der Waals surface area contributed by atoms with Gasteiger partial charge in [-0.15, -0.1) is 0 Å². The minimum Gasteiger partial charge on any atom is -0.0991 e. The van der Waals surface area contributed by atoms with E-state index >= 15 is 0 Å². The van der Waals surface area contributed by atoms with Crippen molar-refractivity contribution in [1.29, 1.82) is 0 Å². The van der Waals surface area contributed by atoms with Crippen LogP contribution < -0.4 is 0 Å². The van der Waals surface area contributed by atoms with Crippen LogP contribution in [-0.2, 0) is 0 Å². The molecule has 0 heteroatoms. The Morgan fingerprint density at radius 2 is 0.308 bits per heavy atom. The van der Waals surface area contributed by atoms with E-state index in [9.17, 15) is 0 Å². The van der Waals surface area contributed by atoms with E-state index in [2.05, 4.69) is 13.2 Å². The molecule has 0 heterocycles. The molecular weight excluding hydrogens is 312 g/mol. The molecule has 26 heavy (non-hydrogen) atoms. The molecule has 0 saturated heterocycles. The molecule has 0 amide bonds. The molecule has 0 N–H and O–H groups in total. The van der Waals surface area contributed by atoms with Gasteiger partial charge in [0.25, 0.3) is 0 Å². The molecule has 0 fully saturated rings. The van der Waals surface area contributed by atoms with Gasteiger partial charge in [-0.3, -0.25) is 0 Å². The van der Waals surface area contributed by atoms with Gasteiger partial charge in [0.15, 0.2) is 0 Å². The minimum absolute atomic E-state index is 1.75. The summed E-state index contributed by atoms with van der Waals surface area (Å²) in [4.78, 5) is 0. The first kappa shape index (κ1) is 22.6. The van der Waals surface area contributed by atoms with Crippen LogP contribution in [0, 0.1) is 0 Å². The zero-order chi connectivity index (χ0) is 19.0. The van der Waals surface area contributed by atoms with Gasteiger partial charge in [0.2, 0.25) is 0 Å². The molecule has 0 aromatic rings. The average molecular weight is 341 g/mol. The largest absolute Gasteiger partial charge is 0.0991 e. The summed E-state index contributed by atoms with van der Waals surface area (Å²) < 4.78 is 0. The van der Waals surface area contributed by atoms with Crippen molar-refractivity contribution in [2.24, 2.45) is 0 Å². The number of rotatable bonds is 12. The lowest BCUT2D eigenvalue weighted by atomic mass is 10.3. The summed E-state index contributed by atoms with van der Waals surface area (Å²) in [5.41, 5.74) is 0. The third-order valence-corrected chi connectivity index (χ3v) is 2.61. The van der Waals surface area contributed by atoms with E-state index in [1.54, 1.807) is 12.2 Å². The highest BCUT2D eigenvalue weighted by atomic mass is 13.7. The normalized spacial score (nSPS) is 14.3. The zero-order valence-electron chi connectivity index (χ0n) is 15.3. The smallest absolute Gasteiger partial charge is 0.0623 e. The van der Waals surface area contributed by atoms with Gasteiger partial charge < -0.3 is 0 Å². The second-order valence-electron chi connectivity index (χ2n) is 4.71. The lowest BCUT2D eigenvalue weighted by molar-refractivity contribution is 1.82. The molecule has 0 aromatic heterocycles. The topological polar surface area (TPSA) is 0 Å². The lowest BCUT2D eigenvalue weighted by Gasteiger charge is -1.76. The fourth-order valence-corrected chi connectivity index (χ4v) is 1.44.